The molecule has 3 N–H and O–H groups in total. The number of thiazole rings is 1. The highest BCUT2D eigenvalue weighted by Crippen LogP contribution is 2.36. The molecule has 1 unspecified atom stereocenters. The lowest BCUT2D eigenvalue weighted by molar-refractivity contribution is -0.137. The monoisotopic (exact) mass is 305 g/mol. The lowest BCUT2D eigenvalue weighted by Gasteiger charge is -2.15. The second-order valence-corrected chi connectivity index (χ2v) is 5.25. The third-order valence-electron chi connectivity index (χ3n) is 2.68. The Morgan fingerprint density at radius 1 is 1.35 bits per heavy atom. The smallest absolute Gasteiger partial charge is 0.271 e. The van der Waals surface area contributed by atoms with E-state index in [1.807, 2.05) is 0 Å². The molecule has 1 aromatic carbocycles. The van der Waals surface area contributed by atoms with Crippen LogP contribution in [0.25, 0.3) is 0 Å². The quantitative estimate of drug-likeness (QED) is 0.520. The summed E-state index contributed by atoms with van der Waals surface area (Å²) < 4.78 is 51.5. The summed E-state index contributed by atoms with van der Waals surface area (Å²) in [4.78, 5) is 3.50. The van der Waals surface area contributed by atoms with Crippen molar-refractivity contribution in [1.82, 2.24) is 10.4 Å². The van der Waals surface area contributed by atoms with Crippen LogP contribution >= 0.6 is 11.3 Å². The van der Waals surface area contributed by atoms with Gasteiger partial charge < -0.3 is 0 Å². The van der Waals surface area contributed by atoms with Gasteiger partial charge in [-0.1, -0.05) is 12.1 Å². The minimum Gasteiger partial charge on any atom is -0.271 e. The Bertz CT molecular complexity index is 609. The van der Waals surface area contributed by atoms with Gasteiger partial charge in [0.25, 0.3) is 0 Å². The van der Waals surface area contributed by atoms with Gasteiger partial charge in [-0.25, -0.2) is 14.8 Å². The Morgan fingerprint density at radius 2 is 2.05 bits per heavy atom. The molecule has 0 saturated heterocycles. The van der Waals surface area contributed by atoms with E-state index in [9.17, 15) is 17.6 Å². The van der Waals surface area contributed by atoms with Crippen molar-refractivity contribution in [3.8, 4) is 0 Å². The molecule has 2 aromatic rings. The highest BCUT2D eigenvalue weighted by atomic mass is 32.1. The number of nitrogens with two attached hydrogens (primary N) is 1. The Labute approximate surface area is 116 Å². The van der Waals surface area contributed by atoms with Crippen LogP contribution < -0.4 is 11.3 Å². The average Bonchev–Trinajstić information content (AvgIpc) is 2.82. The van der Waals surface area contributed by atoms with E-state index >= 15 is 0 Å². The van der Waals surface area contributed by atoms with Gasteiger partial charge in [-0.3, -0.25) is 5.84 Å². The highest BCUT2D eigenvalue weighted by Gasteiger charge is 2.35. The van der Waals surface area contributed by atoms with E-state index in [4.69, 9.17) is 5.84 Å². The van der Waals surface area contributed by atoms with Gasteiger partial charge in [0.15, 0.2) is 5.01 Å². The molecule has 0 aliphatic rings. The molecule has 8 heteroatoms. The predicted molar refractivity (Wildman–Crippen MR) is 67.4 cm³/mol. The van der Waals surface area contributed by atoms with Crippen molar-refractivity contribution in [2.45, 2.75) is 19.1 Å². The van der Waals surface area contributed by atoms with Gasteiger partial charge in [0.1, 0.15) is 5.82 Å². The normalized spacial score (nSPS) is 13.5. The van der Waals surface area contributed by atoms with E-state index in [0.717, 1.165) is 6.20 Å². The molecule has 1 aromatic heterocycles. The molecule has 0 fully saturated rings. The first-order chi connectivity index (χ1) is 9.32. The molecular weight excluding hydrogens is 294 g/mol. The van der Waals surface area contributed by atoms with Crippen molar-refractivity contribution in [2.24, 2.45) is 5.84 Å². The molecule has 0 spiro atoms. The summed E-state index contributed by atoms with van der Waals surface area (Å²) in [5.41, 5.74) is 3.21. The third-order valence-corrected chi connectivity index (χ3v) is 3.79. The first-order valence-corrected chi connectivity index (χ1v) is 6.39. The first-order valence-electron chi connectivity index (χ1n) is 5.58. The molecule has 0 bridgehead atoms. The van der Waals surface area contributed by atoms with E-state index in [2.05, 4.69) is 10.4 Å². The average molecular weight is 305 g/mol. The number of halogens is 4. The van der Waals surface area contributed by atoms with Crippen LogP contribution in [0.2, 0.25) is 0 Å². The topological polar surface area (TPSA) is 50.9 Å². The third kappa shape index (κ3) is 2.97. The molecule has 0 aliphatic carbocycles. The van der Waals surface area contributed by atoms with E-state index < -0.39 is 23.0 Å². The van der Waals surface area contributed by atoms with Crippen molar-refractivity contribution in [3.63, 3.8) is 0 Å². The number of aryl methyl sites for hydroxylation is 1. The minimum absolute atomic E-state index is 0.176. The molecule has 2 rings (SSSR count). The van der Waals surface area contributed by atoms with E-state index in [-0.39, 0.29) is 10.4 Å². The number of aromatic nitrogens is 1. The number of rotatable bonds is 3. The number of hydrogen-bond donors (Lipinski definition) is 2. The SMILES string of the molecule is Cc1ccc(C(NN)c2cnc(C(F)(F)F)s2)c(F)c1. The molecule has 108 valence electrons. The summed E-state index contributed by atoms with van der Waals surface area (Å²) in [7, 11) is 0. The Morgan fingerprint density at radius 3 is 2.55 bits per heavy atom. The Kier molecular flexibility index (Phi) is 4.07. The van der Waals surface area contributed by atoms with Gasteiger partial charge in [-0.15, -0.1) is 11.3 Å². The number of benzene rings is 1. The molecule has 0 radical (unpaired) electrons. The zero-order valence-corrected chi connectivity index (χ0v) is 11.1. The fraction of sp³-hybridized carbons (Fsp3) is 0.250. The zero-order valence-electron chi connectivity index (χ0n) is 10.3. The maximum absolute atomic E-state index is 13.9. The van der Waals surface area contributed by atoms with Crippen LogP contribution in [0.3, 0.4) is 0 Å². The largest absolute Gasteiger partial charge is 0.443 e. The fourth-order valence-corrected chi connectivity index (χ4v) is 2.61. The Balaban J connectivity index is 2.40. The van der Waals surface area contributed by atoms with Crippen LogP contribution in [0.1, 0.15) is 27.1 Å². The molecule has 3 nitrogen and oxygen atoms in total. The molecule has 1 heterocycles. The van der Waals surface area contributed by atoms with Gasteiger partial charge in [-0.05, 0) is 18.6 Å². The van der Waals surface area contributed by atoms with Crippen molar-refractivity contribution in [1.29, 1.82) is 0 Å². The van der Waals surface area contributed by atoms with E-state index in [0.29, 0.717) is 16.9 Å². The van der Waals surface area contributed by atoms with Gasteiger partial charge in [-0.2, -0.15) is 13.2 Å². The Hall–Kier alpha value is -1.51. The lowest BCUT2D eigenvalue weighted by atomic mass is 10.0. The van der Waals surface area contributed by atoms with Crippen LogP contribution in [0.15, 0.2) is 24.4 Å². The van der Waals surface area contributed by atoms with Crippen molar-refractivity contribution in [3.05, 3.63) is 51.2 Å². The second-order valence-electron chi connectivity index (χ2n) is 4.19. The van der Waals surface area contributed by atoms with E-state index in [1.54, 1.807) is 13.0 Å². The number of alkyl halides is 3. The standard InChI is InChI=1S/C12H11F4N3S/c1-6-2-3-7(8(13)4-6)10(19-17)9-5-18-11(20-9)12(14,15)16/h2-5,10,19H,17H2,1H3. The molecule has 20 heavy (non-hydrogen) atoms. The molecule has 0 amide bonds. The molecule has 0 saturated carbocycles. The van der Waals surface area contributed by atoms with Gasteiger partial charge in [0, 0.05) is 16.6 Å². The van der Waals surface area contributed by atoms with Crippen molar-refractivity contribution in [2.75, 3.05) is 0 Å². The van der Waals surface area contributed by atoms with Crippen molar-refractivity contribution >= 4 is 11.3 Å². The van der Waals surface area contributed by atoms with Crippen LogP contribution in [-0.2, 0) is 6.18 Å². The zero-order chi connectivity index (χ0) is 14.9. The van der Waals surface area contributed by atoms with Gasteiger partial charge >= 0.3 is 6.18 Å². The number of nitrogens with one attached hydrogen (secondary N) is 1. The maximum atomic E-state index is 13.9. The highest BCUT2D eigenvalue weighted by molar-refractivity contribution is 7.11. The molecular formula is C12H11F4N3S. The van der Waals surface area contributed by atoms with Gasteiger partial charge in [0.2, 0.25) is 0 Å². The number of nitrogens with zero attached hydrogens (tertiary/aromatic N) is 1. The van der Waals surface area contributed by atoms with Crippen molar-refractivity contribution < 1.29 is 17.6 Å². The summed E-state index contributed by atoms with van der Waals surface area (Å²) >= 11 is 0.435. The second kappa shape index (κ2) is 5.47. The predicted octanol–water partition coefficient (Wildman–Crippen LogP) is 3.16. The number of hydrogen-bond acceptors (Lipinski definition) is 4. The summed E-state index contributed by atoms with van der Waals surface area (Å²) in [6, 6.07) is 3.58. The van der Waals surface area contributed by atoms with Crippen LogP contribution in [-0.4, -0.2) is 4.98 Å². The minimum atomic E-state index is -4.52. The van der Waals surface area contributed by atoms with Gasteiger partial charge in [0.05, 0.1) is 6.04 Å². The number of hydrazine groups is 1. The molecule has 1 atom stereocenters. The lowest BCUT2D eigenvalue weighted by Crippen LogP contribution is -2.29. The summed E-state index contributed by atoms with van der Waals surface area (Å²) in [5.74, 6) is 4.81. The summed E-state index contributed by atoms with van der Waals surface area (Å²) in [6.45, 7) is 1.71. The van der Waals surface area contributed by atoms with Crippen LogP contribution in [0.5, 0.6) is 0 Å². The summed E-state index contributed by atoms with van der Waals surface area (Å²) in [5, 5.41) is -0.986. The first kappa shape index (κ1) is 14.9. The maximum Gasteiger partial charge on any atom is 0.443 e. The fourth-order valence-electron chi connectivity index (χ4n) is 1.74. The van der Waals surface area contributed by atoms with Crippen LogP contribution in [0, 0.1) is 12.7 Å². The van der Waals surface area contributed by atoms with Crippen LogP contribution in [0.4, 0.5) is 17.6 Å². The van der Waals surface area contributed by atoms with E-state index in [1.165, 1.54) is 12.1 Å². The summed E-state index contributed by atoms with van der Waals surface area (Å²) in [6.07, 6.45) is -3.47. The molecule has 0 aliphatic heterocycles.